The van der Waals surface area contributed by atoms with Crippen LogP contribution < -0.4 is 4.90 Å². The van der Waals surface area contributed by atoms with E-state index in [0.29, 0.717) is 5.69 Å². The zero-order valence-electron chi connectivity index (χ0n) is 16.2. The van der Waals surface area contributed by atoms with E-state index in [9.17, 15) is 16.8 Å². The van der Waals surface area contributed by atoms with Gasteiger partial charge in [0.25, 0.3) is 0 Å². The third-order valence-electron chi connectivity index (χ3n) is 5.71. The van der Waals surface area contributed by atoms with Crippen LogP contribution in [0.4, 0.5) is 5.69 Å². The van der Waals surface area contributed by atoms with Gasteiger partial charge in [-0.2, -0.15) is 0 Å². The van der Waals surface area contributed by atoms with Crippen LogP contribution in [0, 0.1) is 5.92 Å². The van der Waals surface area contributed by atoms with Gasteiger partial charge >= 0.3 is 0 Å². The lowest BCUT2D eigenvalue weighted by atomic mass is 9.89. The summed E-state index contributed by atoms with van der Waals surface area (Å²) in [7, 11) is -6.97. The second-order valence-electron chi connectivity index (χ2n) is 7.97. The second-order valence-corrected chi connectivity index (χ2v) is 12.0. The van der Waals surface area contributed by atoms with E-state index in [2.05, 4.69) is 9.80 Å². The Balaban J connectivity index is 1.73. The van der Waals surface area contributed by atoms with Crippen LogP contribution in [0.5, 0.6) is 0 Å². The maximum Gasteiger partial charge on any atom is 0.177 e. The van der Waals surface area contributed by atoms with Gasteiger partial charge in [0.1, 0.15) is 0 Å². The molecule has 0 N–H and O–H groups in total. The minimum Gasteiger partial charge on any atom is -0.368 e. The maximum atomic E-state index is 12.3. The minimum absolute atomic E-state index is 0.0441. The van der Waals surface area contributed by atoms with Gasteiger partial charge in [0.15, 0.2) is 19.7 Å². The van der Waals surface area contributed by atoms with Gasteiger partial charge < -0.3 is 4.90 Å². The van der Waals surface area contributed by atoms with E-state index in [1.165, 1.54) is 44.2 Å². The van der Waals surface area contributed by atoms with Crippen molar-refractivity contribution < 1.29 is 16.8 Å². The van der Waals surface area contributed by atoms with E-state index in [1.807, 2.05) is 0 Å². The molecule has 1 aromatic carbocycles. The summed E-state index contributed by atoms with van der Waals surface area (Å²) in [6.07, 6.45) is 8.93. The zero-order valence-corrected chi connectivity index (χ0v) is 17.9. The van der Waals surface area contributed by atoms with Crippen LogP contribution in [0.1, 0.15) is 32.1 Å². The van der Waals surface area contributed by atoms with E-state index in [4.69, 9.17) is 0 Å². The zero-order chi connectivity index (χ0) is 19.7. The highest BCUT2D eigenvalue weighted by Crippen LogP contribution is 2.30. The Kier molecular flexibility index (Phi) is 6.17. The van der Waals surface area contributed by atoms with Crippen molar-refractivity contribution in [1.29, 1.82) is 0 Å². The number of nitrogens with zero attached hydrogens (tertiary/aromatic N) is 2. The summed E-state index contributed by atoms with van der Waals surface area (Å²) >= 11 is 0. The van der Waals surface area contributed by atoms with Crippen molar-refractivity contribution >= 4 is 25.4 Å². The smallest absolute Gasteiger partial charge is 0.177 e. The summed E-state index contributed by atoms with van der Waals surface area (Å²) in [5.74, 6) is 0.797. The number of hydrogen-bond acceptors (Lipinski definition) is 6. The van der Waals surface area contributed by atoms with Gasteiger partial charge in [-0.1, -0.05) is 19.3 Å². The van der Waals surface area contributed by atoms with Crippen molar-refractivity contribution in [3.63, 3.8) is 0 Å². The molecule has 3 rings (SSSR count). The van der Waals surface area contributed by atoms with Crippen LogP contribution in [-0.2, 0) is 19.7 Å². The average molecular weight is 415 g/mol. The standard InChI is InChI=1S/C19H30N2O4S2/c1-26(22,23)17-8-9-18(19(14-17)27(2,24)25)21-12-10-20(11-13-21)15-16-6-4-3-5-7-16/h8-9,14,16H,3-7,10-13,15H2,1-2H3. The highest BCUT2D eigenvalue weighted by molar-refractivity contribution is 7.91. The first kappa shape index (κ1) is 20.6. The molecule has 1 aromatic rings. The summed E-state index contributed by atoms with van der Waals surface area (Å²) < 4.78 is 48.2. The normalized spacial score (nSPS) is 20.7. The number of sulfone groups is 2. The highest BCUT2D eigenvalue weighted by Gasteiger charge is 2.26. The molecular weight excluding hydrogens is 384 g/mol. The topological polar surface area (TPSA) is 74.8 Å². The molecule has 1 aliphatic carbocycles. The van der Waals surface area contributed by atoms with Gasteiger partial charge in [0, 0.05) is 45.2 Å². The van der Waals surface area contributed by atoms with Crippen LogP contribution >= 0.6 is 0 Å². The molecule has 2 aliphatic rings. The predicted molar refractivity (Wildman–Crippen MR) is 108 cm³/mol. The second kappa shape index (κ2) is 8.09. The van der Waals surface area contributed by atoms with Gasteiger partial charge in [-0.05, 0) is 37.0 Å². The first-order chi connectivity index (χ1) is 12.6. The molecule has 1 heterocycles. The lowest BCUT2D eigenvalue weighted by molar-refractivity contribution is 0.192. The summed E-state index contributed by atoms with van der Waals surface area (Å²) in [5, 5.41) is 0. The Morgan fingerprint density at radius 1 is 0.889 bits per heavy atom. The first-order valence-electron chi connectivity index (χ1n) is 9.66. The van der Waals surface area contributed by atoms with Crippen LogP contribution in [0.3, 0.4) is 0 Å². The monoisotopic (exact) mass is 414 g/mol. The Hall–Kier alpha value is -1.12. The van der Waals surface area contributed by atoms with Gasteiger partial charge in [-0.25, -0.2) is 16.8 Å². The summed E-state index contributed by atoms with van der Waals surface area (Å²) in [6.45, 7) is 4.47. The molecule has 0 aromatic heterocycles. The molecule has 152 valence electrons. The van der Waals surface area contributed by atoms with Gasteiger partial charge in [-0.15, -0.1) is 0 Å². The number of anilines is 1. The fraction of sp³-hybridized carbons (Fsp3) is 0.684. The molecule has 27 heavy (non-hydrogen) atoms. The van der Waals surface area contributed by atoms with Crippen molar-refractivity contribution in [3.05, 3.63) is 18.2 Å². The lowest BCUT2D eigenvalue weighted by Gasteiger charge is -2.38. The maximum absolute atomic E-state index is 12.3. The van der Waals surface area contributed by atoms with Gasteiger partial charge in [0.05, 0.1) is 15.5 Å². The molecule has 0 radical (unpaired) electrons. The number of rotatable bonds is 5. The molecule has 0 atom stereocenters. The molecule has 2 fully saturated rings. The van der Waals surface area contributed by atoms with Crippen LogP contribution in [-0.4, -0.2) is 67.0 Å². The summed E-state index contributed by atoms with van der Waals surface area (Å²) in [6, 6.07) is 4.45. The predicted octanol–water partition coefficient (Wildman–Crippen LogP) is 2.20. The van der Waals surface area contributed by atoms with Crippen molar-refractivity contribution in [2.24, 2.45) is 5.92 Å². The molecule has 1 aliphatic heterocycles. The first-order valence-corrected chi connectivity index (χ1v) is 13.4. The Morgan fingerprint density at radius 2 is 1.52 bits per heavy atom. The minimum atomic E-state index is -3.52. The van der Waals surface area contributed by atoms with Crippen LogP contribution in [0.25, 0.3) is 0 Å². The van der Waals surface area contributed by atoms with Crippen molar-refractivity contribution in [2.75, 3.05) is 50.1 Å². The van der Waals surface area contributed by atoms with Gasteiger partial charge in [-0.3, -0.25) is 4.90 Å². The molecule has 0 amide bonds. The average Bonchev–Trinajstić information content (AvgIpc) is 2.61. The summed E-state index contributed by atoms with van der Waals surface area (Å²) in [5.41, 5.74) is 0.613. The Bertz CT molecular complexity index is 867. The van der Waals surface area contributed by atoms with E-state index in [1.54, 1.807) is 6.07 Å². The van der Waals surface area contributed by atoms with Crippen molar-refractivity contribution in [1.82, 2.24) is 4.90 Å². The lowest BCUT2D eigenvalue weighted by Crippen LogP contribution is -2.48. The molecule has 8 heteroatoms. The highest BCUT2D eigenvalue weighted by atomic mass is 32.2. The van der Waals surface area contributed by atoms with E-state index < -0.39 is 19.7 Å². The molecular formula is C19H30N2O4S2. The molecule has 6 nitrogen and oxygen atoms in total. The van der Waals surface area contributed by atoms with E-state index in [-0.39, 0.29) is 9.79 Å². The molecule has 0 unspecified atom stereocenters. The third kappa shape index (κ3) is 5.23. The molecule has 0 bridgehead atoms. The number of hydrogen-bond donors (Lipinski definition) is 0. The molecule has 1 saturated heterocycles. The largest absolute Gasteiger partial charge is 0.368 e. The SMILES string of the molecule is CS(=O)(=O)c1ccc(N2CCN(CC3CCCCC3)CC2)c(S(C)(=O)=O)c1. The molecule has 1 saturated carbocycles. The fourth-order valence-electron chi connectivity index (χ4n) is 4.19. The van der Waals surface area contributed by atoms with Crippen molar-refractivity contribution in [3.8, 4) is 0 Å². The van der Waals surface area contributed by atoms with Crippen molar-refractivity contribution in [2.45, 2.75) is 41.9 Å². The Morgan fingerprint density at radius 3 is 2.07 bits per heavy atom. The van der Waals surface area contributed by atoms with Crippen LogP contribution in [0.2, 0.25) is 0 Å². The summed E-state index contributed by atoms with van der Waals surface area (Å²) in [4.78, 5) is 4.70. The van der Waals surface area contributed by atoms with Crippen LogP contribution in [0.15, 0.2) is 28.0 Å². The third-order valence-corrected chi connectivity index (χ3v) is 7.95. The van der Waals surface area contributed by atoms with E-state index >= 15 is 0 Å². The van der Waals surface area contributed by atoms with Gasteiger partial charge in [0.2, 0.25) is 0 Å². The number of piperazine rings is 1. The molecule has 0 spiro atoms. The Labute approximate surface area is 163 Å². The van der Waals surface area contributed by atoms with E-state index in [0.717, 1.165) is 51.2 Å². The number of benzene rings is 1. The fourth-order valence-corrected chi connectivity index (χ4v) is 5.83. The quantitative estimate of drug-likeness (QED) is 0.735.